The molecule has 0 spiro atoms. The zero-order chi connectivity index (χ0) is 11.0. The molecule has 0 aliphatic carbocycles. The predicted octanol–water partition coefficient (Wildman–Crippen LogP) is 2.40. The van der Waals surface area contributed by atoms with Crippen molar-refractivity contribution in [3.8, 4) is 0 Å². The number of hydrogen-bond donors (Lipinski definition) is 1. The number of benzene rings is 1. The Balaban J connectivity index is 1.92. The monoisotopic (exact) mass is 232 g/mol. The van der Waals surface area contributed by atoms with Crippen LogP contribution >= 0.6 is 11.6 Å². The Bertz CT molecular complexity index is 541. The second kappa shape index (κ2) is 3.64. The standard InChI is InChI=1S/C11H9ClN4/c12-9-3-1-8(2-4-9)10-5-6-16-11(15-10)13-7-14-16/h1-5,7H,6H2,(H,13,14,15). The maximum atomic E-state index is 5.85. The minimum atomic E-state index is 0.736. The number of fused-ring (bicyclic) bond motifs is 1. The van der Waals surface area contributed by atoms with Crippen molar-refractivity contribution in [3.05, 3.63) is 47.3 Å². The van der Waals surface area contributed by atoms with Gasteiger partial charge in [-0.05, 0) is 23.8 Å². The van der Waals surface area contributed by atoms with Crippen molar-refractivity contribution in [2.45, 2.75) is 6.54 Å². The minimum Gasteiger partial charge on any atom is -0.324 e. The molecule has 80 valence electrons. The second-order valence-electron chi connectivity index (χ2n) is 3.52. The van der Waals surface area contributed by atoms with E-state index in [1.165, 1.54) is 0 Å². The number of aromatic nitrogens is 3. The maximum Gasteiger partial charge on any atom is 0.225 e. The third-order valence-electron chi connectivity index (χ3n) is 2.49. The molecule has 0 amide bonds. The van der Waals surface area contributed by atoms with Gasteiger partial charge in [-0.2, -0.15) is 10.1 Å². The zero-order valence-corrected chi connectivity index (χ0v) is 9.15. The van der Waals surface area contributed by atoms with Crippen LogP contribution in [-0.2, 0) is 6.54 Å². The number of nitrogens with one attached hydrogen (secondary N) is 1. The Kier molecular flexibility index (Phi) is 2.15. The summed E-state index contributed by atoms with van der Waals surface area (Å²) >= 11 is 5.85. The van der Waals surface area contributed by atoms with E-state index in [1.54, 1.807) is 11.0 Å². The van der Waals surface area contributed by atoms with Gasteiger partial charge in [-0.25, -0.2) is 4.68 Å². The third kappa shape index (κ3) is 1.57. The summed E-state index contributed by atoms with van der Waals surface area (Å²) in [6.45, 7) is 0.736. The highest BCUT2D eigenvalue weighted by molar-refractivity contribution is 6.30. The van der Waals surface area contributed by atoms with Crippen LogP contribution in [0.1, 0.15) is 5.56 Å². The number of hydrogen-bond acceptors (Lipinski definition) is 3. The SMILES string of the molecule is Clc1ccc(C2=CCn3ncnc3N2)cc1. The van der Waals surface area contributed by atoms with Gasteiger partial charge in [0.1, 0.15) is 6.33 Å². The fourth-order valence-corrected chi connectivity index (χ4v) is 1.79. The van der Waals surface area contributed by atoms with Gasteiger partial charge in [-0.3, -0.25) is 0 Å². The Morgan fingerprint density at radius 2 is 2.06 bits per heavy atom. The summed E-state index contributed by atoms with van der Waals surface area (Å²) in [7, 11) is 0. The highest BCUT2D eigenvalue weighted by Crippen LogP contribution is 2.22. The topological polar surface area (TPSA) is 42.7 Å². The zero-order valence-electron chi connectivity index (χ0n) is 8.39. The molecule has 0 atom stereocenters. The van der Waals surface area contributed by atoms with Crippen LogP contribution in [0.4, 0.5) is 5.95 Å². The summed E-state index contributed by atoms with van der Waals surface area (Å²) in [5, 5.41) is 8.04. The Morgan fingerprint density at radius 3 is 2.88 bits per heavy atom. The molecule has 16 heavy (non-hydrogen) atoms. The molecule has 0 saturated carbocycles. The van der Waals surface area contributed by atoms with Crippen LogP contribution in [0.25, 0.3) is 5.70 Å². The lowest BCUT2D eigenvalue weighted by molar-refractivity contribution is 0.701. The molecule has 0 bridgehead atoms. The second-order valence-corrected chi connectivity index (χ2v) is 3.95. The van der Waals surface area contributed by atoms with Crippen molar-refractivity contribution >= 4 is 23.2 Å². The van der Waals surface area contributed by atoms with E-state index in [9.17, 15) is 0 Å². The quantitative estimate of drug-likeness (QED) is 0.821. The van der Waals surface area contributed by atoms with Gasteiger partial charge in [-0.1, -0.05) is 23.7 Å². The van der Waals surface area contributed by atoms with Crippen LogP contribution in [0, 0.1) is 0 Å². The summed E-state index contributed by atoms with van der Waals surface area (Å²) in [4.78, 5) is 4.12. The van der Waals surface area contributed by atoms with E-state index in [0.717, 1.165) is 28.8 Å². The molecule has 1 N–H and O–H groups in total. The average molecular weight is 233 g/mol. The van der Waals surface area contributed by atoms with E-state index < -0.39 is 0 Å². The molecule has 0 fully saturated rings. The first-order chi connectivity index (χ1) is 7.83. The van der Waals surface area contributed by atoms with Gasteiger partial charge < -0.3 is 5.32 Å². The molecule has 0 unspecified atom stereocenters. The van der Waals surface area contributed by atoms with Gasteiger partial charge >= 0.3 is 0 Å². The largest absolute Gasteiger partial charge is 0.324 e. The van der Waals surface area contributed by atoms with Crippen molar-refractivity contribution in [2.75, 3.05) is 5.32 Å². The van der Waals surface area contributed by atoms with Gasteiger partial charge in [0.25, 0.3) is 0 Å². The first-order valence-corrected chi connectivity index (χ1v) is 5.32. The molecule has 2 heterocycles. The summed E-state index contributed by atoms with van der Waals surface area (Å²) in [5.41, 5.74) is 2.14. The van der Waals surface area contributed by atoms with Crippen molar-refractivity contribution in [1.82, 2.24) is 14.8 Å². The number of anilines is 1. The number of allylic oxidation sites excluding steroid dienone is 1. The Labute approximate surface area is 97.6 Å². The minimum absolute atomic E-state index is 0.736. The lowest BCUT2D eigenvalue weighted by Gasteiger charge is -2.16. The van der Waals surface area contributed by atoms with Crippen LogP contribution in [-0.4, -0.2) is 14.8 Å². The van der Waals surface area contributed by atoms with E-state index in [4.69, 9.17) is 11.6 Å². The number of nitrogens with zero attached hydrogens (tertiary/aromatic N) is 3. The van der Waals surface area contributed by atoms with Crippen LogP contribution in [0.5, 0.6) is 0 Å². The molecule has 1 aliphatic heterocycles. The molecule has 1 aromatic carbocycles. The normalized spacial score (nSPS) is 13.9. The first kappa shape index (κ1) is 9.42. The van der Waals surface area contributed by atoms with Gasteiger partial charge in [0.05, 0.1) is 6.54 Å². The smallest absolute Gasteiger partial charge is 0.225 e. The summed E-state index contributed by atoms with van der Waals surface area (Å²) < 4.78 is 1.80. The molecule has 4 nitrogen and oxygen atoms in total. The highest BCUT2D eigenvalue weighted by atomic mass is 35.5. The molecule has 3 rings (SSSR count). The van der Waals surface area contributed by atoms with Crippen LogP contribution in [0.3, 0.4) is 0 Å². The summed E-state index contributed by atoms with van der Waals surface area (Å²) in [6, 6.07) is 7.71. The van der Waals surface area contributed by atoms with Crippen LogP contribution in [0.15, 0.2) is 36.7 Å². The Morgan fingerprint density at radius 1 is 1.25 bits per heavy atom. The fourth-order valence-electron chi connectivity index (χ4n) is 1.66. The van der Waals surface area contributed by atoms with E-state index in [1.807, 2.05) is 24.3 Å². The van der Waals surface area contributed by atoms with Crippen LogP contribution in [0.2, 0.25) is 5.02 Å². The molecule has 1 aliphatic rings. The average Bonchev–Trinajstić information content (AvgIpc) is 2.77. The van der Waals surface area contributed by atoms with E-state index in [0.29, 0.717) is 0 Å². The van der Waals surface area contributed by atoms with Gasteiger partial charge in [-0.15, -0.1) is 0 Å². The summed E-state index contributed by atoms with van der Waals surface area (Å²) in [6.07, 6.45) is 3.62. The van der Waals surface area contributed by atoms with Crippen molar-refractivity contribution in [1.29, 1.82) is 0 Å². The van der Waals surface area contributed by atoms with E-state index in [-0.39, 0.29) is 0 Å². The van der Waals surface area contributed by atoms with Gasteiger partial charge in [0.15, 0.2) is 0 Å². The molecule has 0 saturated heterocycles. The van der Waals surface area contributed by atoms with Crippen molar-refractivity contribution < 1.29 is 0 Å². The first-order valence-electron chi connectivity index (χ1n) is 4.94. The molecule has 5 heteroatoms. The lowest BCUT2D eigenvalue weighted by atomic mass is 10.1. The molecular weight excluding hydrogens is 224 g/mol. The van der Waals surface area contributed by atoms with Gasteiger partial charge in [0, 0.05) is 10.7 Å². The molecule has 0 radical (unpaired) electrons. The lowest BCUT2D eigenvalue weighted by Crippen LogP contribution is -2.13. The molecule has 2 aromatic rings. The van der Waals surface area contributed by atoms with E-state index >= 15 is 0 Å². The van der Waals surface area contributed by atoms with Crippen molar-refractivity contribution in [2.24, 2.45) is 0 Å². The van der Waals surface area contributed by atoms with Gasteiger partial charge in [0.2, 0.25) is 5.95 Å². The predicted molar refractivity (Wildman–Crippen MR) is 63.1 cm³/mol. The molecule has 1 aromatic heterocycles. The number of rotatable bonds is 1. The summed E-state index contributed by atoms with van der Waals surface area (Å²) in [5.74, 6) is 0.771. The van der Waals surface area contributed by atoms with Crippen molar-refractivity contribution in [3.63, 3.8) is 0 Å². The van der Waals surface area contributed by atoms with E-state index in [2.05, 4.69) is 21.5 Å². The third-order valence-corrected chi connectivity index (χ3v) is 2.74. The Hall–Kier alpha value is -1.81. The van der Waals surface area contributed by atoms with Crippen LogP contribution < -0.4 is 5.32 Å². The fraction of sp³-hybridized carbons (Fsp3) is 0.0909. The molecular formula is C11H9ClN4. The number of halogens is 1. The maximum absolute atomic E-state index is 5.85. The highest BCUT2D eigenvalue weighted by Gasteiger charge is 2.12.